The third-order valence-corrected chi connectivity index (χ3v) is 6.03. The average molecular weight is 352 g/mol. The number of hydrogen-bond acceptors (Lipinski definition) is 4. The Morgan fingerprint density at radius 1 is 1.21 bits per heavy atom. The van der Waals surface area contributed by atoms with Crippen molar-refractivity contribution in [3.8, 4) is 0 Å². The van der Waals surface area contributed by atoms with E-state index in [4.69, 9.17) is 0 Å². The maximum Gasteiger partial charge on any atom is 0.251 e. The van der Waals surface area contributed by atoms with Crippen LogP contribution in [0.4, 0.5) is 5.69 Å². The van der Waals surface area contributed by atoms with Crippen LogP contribution in [0.2, 0.25) is 0 Å². The second kappa shape index (κ2) is 6.93. The molecule has 0 spiro atoms. The van der Waals surface area contributed by atoms with Gasteiger partial charge in [0.15, 0.2) is 0 Å². The van der Waals surface area contributed by atoms with E-state index in [1.165, 1.54) is 12.1 Å². The van der Waals surface area contributed by atoms with Crippen molar-refractivity contribution in [3.05, 3.63) is 29.8 Å². The van der Waals surface area contributed by atoms with E-state index in [2.05, 4.69) is 12.2 Å². The van der Waals surface area contributed by atoms with Gasteiger partial charge in [-0.3, -0.25) is 9.59 Å². The molecule has 1 aliphatic heterocycles. The lowest BCUT2D eigenvalue weighted by Crippen LogP contribution is -2.33. The Balaban J connectivity index is 2.12. The molecule has 7 heteroatoms. The van der Waals surface area contributed by atoms with Gasteiger partial charge in [0.2, 0.25) is 15.9 Å². The first-order valence-electron chi connectivity index (χ1n) is 8.15. The third-order valence-electron chi connectivity index (χ3n) is 4.01. The summed E-state index contributed by atoms with van der Waals surface area (Å²) in [6.45, 7) is 5.94. The lowest BCUT2D eigenvalue weighted by atomic mass is 9.95. The molecule has 0 saturated carbocycles. The van der Waals surface area contributed by atoms with Crippen molar-refractivity contribution in [1.29, 1.82) is 0 Å². The SMILES string of the molecule is CCCCCNC(=O)c1ccc(N2C(=O)C(C)(C)CS2(=O)=O)cc1. The molecule has 1 saturated heterocycles. The first-order valence-corrected chi connectivity index (χ1v) is 9.75. The number of unbranched alkanes of at least 4 members (excludes halogenated alkanes) is 2. The van der Waals surface area contributed by atoms with E-state index in [1.807, 2.05) is 0 Å². The predicted molar refractivity (Wildman–Crippen MR) is 93.4 cm³/mol. The highest BCUT2D eigenvalue weighted by atomic mass is 32.2. The molecule has 0 aromatic heterocycles. The van der Waals surface area contributed by atoms with Crippen molar-refractivity contribution < 1.29 is 18.0 Å². The van der Waals surface area contributed by atoms with Crippen molar-refractivity contribution in [2.75, 3.05) is 16.6 Å². The fraction of sp³-hybridized carbons (Fsp3) is 0.529. The zero-order valence-corrected chi connectivity index (χ0v) is 15.1. The average Bonchev–Trinajstić information content (AvgIpc) is 2.67. The summed E-state index contributed by atoms with van der Waals surface area (Å²) in [5.74, 6) is -0.855. The number of nitrogens with zero attached hydrogens (tertiary/aromatic N) is 1. The van der Waals surface area contributed by atoms with E-state index in [0.29, 0.717) is 12.1 Å². The summed E-state index contributed by atoms with van der Waals surface area (Å²) in [6, 6.07) is 6.08. The fourth-order valence-electron chi connectivity index (χ4n) is 2.69. The molecule has 1 aromatic carbocycles. The minimum absolute atomic E-state index is 0.200. The first kappa shape index (κ1) is 18.4. The number of amides is 2. The molecule has 2 amide bonds. The zero-order chi connectivity index (χ0) is 18.0. The highest BCUT2D eigenvalue weighted by molar-refractivity contribution is 7.94. The minimum atomic E-state index is -3.67. The number of nitrogens with one attached hydrogen (secondary N) is 1. The molecule has 0 radical (unpaired) electrons. The largest absolute Gasteiger partial charge is 0.352 e. The first-order chi connectivity index (χ1) is 11.2. The molecule has 1 aromatic rings. The Hall–Kier alpha value is -1.89. The maximum absolute atomic E-state index is 12.3. The number of hydrogen-bond donors (Lipinski definition) is 1. The number of anilines is 1. The Labute approximate surface area is 143 Å². The van der Waals surface area contributed by atoms with Crippen molar-refractivity contribution in [2.45, 2.75) is 40.0 Å². The van der Waals surface area contributed by atoms with Gasteiger partial charge in [0.05, 0.1) is 16.9 Å². The van der Waals surface area contributed by atoms with E-state index >= 15 is 0 Å². The van der Waals surface area contributed by atoms with E-state index in [1.54, 1.807) is 26.0 Å². The summed E-state index contributed by atoms with van der Waals surface area (Å²) in [4.78, 5) is 24.4. The standard InChI is InChI=1S/C17H24N2O4S/c1-4-5-6-11-18-15(20)13-7-9-14(10-8-13)19-16(21)17(2,3)12-24(19,22)23/h7-10H,4-6,11-12H2,1-3H3,(H,18,20). The zero-order valence-electron chi connectivity index (χ0n) is 14.3. The monoisotopic (exact) mass is 352 g/mol. The van der Waals surface area contributed by atoms with E-state index in [-0.39, 0.29) is 17.3 Å². The number of carbonyl (C=O) groups excluding carboxylic acids is 2. The van der Waals surface area contributed by atoms with Crippen LogP contribution >= 0.6 is 0 Å². The molecule has 1 N–H and O–H groups in total. The van der Waals surface area contributed by atoms with Crippen LogP contribution in [0.3, 0.4) is 0 Å². The van der Waals surface area contributed by atoms with Crippen LogP contribution in [-0.4, -0.2) is 32.5 Å². The summed E-state index contributed by atoms with van der Waals surface area (Å²) in [6.07, 6.45) is 3.07. The van der Waals surface area contributed by atoms with Gasteiger partial charge in [-0.25, -0.2) is 12.7 Å². The summed E-state index contributed by atoms with van der Waals surface area (Å²) in [5, 5.41) is 2.82. The van der Waals surface area contributed by atoms with Gasteiger partial charge < -0.3 is 5.32 Å². The van der Waals surface area contributed by atoms with Crippen LogP contribution in [0.25, 0.3) is 0 Å². The molecule has 1 heterocycles. The molecule has 0 unspecified atom stereocenters. The van der Waals surface area contributed by atoms with Crippen LogP contribution in [-0.2, 0) is 14.8 Å². The molecule has 0 aliphatic carbocycles. The highest BCUT2D eigenvalue weighted by Gasteiger charge is 2.49. The molecule has 0 atom stereocenters. The van der Waals surface area contributed by atoms with Crippen LogP contribution in [0, 0.1) is 5.41 Å². The lowest BCUT2D eigenvalue weighted by molar-refractivity contribution is -0.123. The lowest BCUT2D eigenvalue weighted by Gasteiger charge is -2.17. The van der Waals surface area contributed by atoms with Crippen molar-refractivity contribution in [1.82, 2.24) is 5.32 Å². The number of rotatable bonds is 6. The molecule has 6 nitrogen and oxygen atoms in total. The van der Waals surface area contributed by atoms with Gasteiger partial charge in [-0.2, -0.15) is 0 Å². The van der Waals surface area contributed by atoms with Gasteiger partial charge in [0.1, 0.15) is 0 Å². The van der Waals surface area contributed by atoms with Crippen LogP contribution < -0.4 is 9.62 Å². The smallest absolute Gasteiger partial charge is 0.251 e. The topological polar surface area (TPSA) is 83.6 Å². The Morgan fingerprint density at radius 3 is 2.33 bits per heavy atom. The molecule has 1 fully saturated rings. The molecular formula is C17H24N2O4S. The van der Waals surface area contributed by atoms with Crippen LogP contribution in [0.5, 0.6) is 0 Å². The fourth-order valence-corrected chi connectivity index (χ4v) is 4.80. The molecule has 0 bridgehead atoms. The molecule has 132 valence electrons. The summed E-state index contributed by atoms with van der Waals surface area (Å²) in [5.41, 5.74) is -0.222. The van der Waals surface area contributed by atoms with E-state index in [9.17, 15) is 18.0 Å². The number of carbonyl (C=O) groups is 2. The van der Waals surface area contributed by atoms with Gasteiger partial charge in [0, 0.05) is 12.1 Å². The second-order valence-corrected chi connectivity index (χ2v) is 8.54. The van der Waals surface area contributed by atoms with Crippen molar-refractivity contribution >= 4 is 27.5 Å². The Morgan fingerprint density at radius 2 is 1.83 bits per heavy atom. The normalized spacial score (nSPS) is 18.6. The predicted octanol–water partition coefficient (Wildman–Crippen LogP) is 2.31. The van der Waals surface area contributed by atoms with Crippen molar-refractivity contribution in [3.63, 3.8) is 0 Å². The third kappa shape index (κ3) is 3.77. The number of benzene rings is 1. The molecule has 1 aliphatic rings. The van der Waals surface area contributed by atoms with E-state index in [0.717, 1.165) is 23.6 Å². The van der Waals surface area contributed by atoms with E-state index < -0.39 is 21.3 Å². The van der Waals surface area contributed by atoms with Crippen molar-refractivity contribution in [2.24, 2.45) is 5.41 Å². The summed E-state index contributed by atoms with van der Waals surface area (Å²) >= 11 is 0. The minimum Gasteiger partial charge on any atom is -0.352 e. The van der Waals surface area contributed by atoms with Gasteiger partial charge in [-0.05, 0) is 44.5 Å². The molecular weight excluding hydrogens is 328 g/mol. The number of sulfonamides is 1. The van der Waals surface area contributed by atoms with Crippen LogP contribution in [0.15, 0.2) is 24.3 Å². The van der Waals surface area contributed by atoms with Gasteiger partial charge >= 0.3 is 0 Å². The highest BCUT2D eigenvalue weighted by Crippen LogP contribution is 2.35. The second-order valence-electron chi connectivity index (χ2n) is 6.72. The summed E-state index contributed by atoms with van der Waals surface area (Å²) < 4.78 is 25.3. The van der Waals surface area contributed by atoms with Gasteiger partial charge in [0.25, 0.3) is 5.91 Å². The van der Waals surface area contributed by atoms with Gasteiger partial charge in [-0.1, -0.05) is 19.8 Å². The molecule has 24 heavy (non-hydrogen) atoms. The summed E-state index contributed by atoms with van der Waals surface area (Å²) in [7, 11) is -3.67. The maximum atomic E-state index is 12.3. The van der Waals surface area contributed by atoms with Gasteiger partial charge in [-0.15, -0.1) is 0 Å². The van der Waals surface area contributed by atoms with Crippen LogP contribution in [0.1, 0.15) is 50.4 Å². The quantitative estimate of drug-likeness (QED) is 0.796. The molecule has 2 rings (SSSR count). The Kier molecular flexibility index (Phi) is 5.32. The Bertz CT molecular complexity index is 723.